The molecule has 0 rings (SSSR count). The largest absolute Gasteiger partial charge is 0.444 e. The van der Waals surface area contributed by atoms with Crippen molar-refractivity contribution in [2.24, 2.45) is 5.73 Å². The first-order valence-electron chi connectivity index (χ1n) is 5.30. The van der Waals surface area contributed by atoms with E-state index in [0.29, 0.717) is 6.42 Å². The summed E-state index contributed by atoms with van der Waals surface area (Å²) in [5, 5.41) is 8.47. The number of primary amides is 1. The number of amides is 1. The summed E-state index contributed by atoms with van der Waals surface area (Å²) in [5.41, 5.74) is 5.29. The Bertz CT molecular complexity index is 275. The third-order valence-electron chi connectivity index (χ3n) is 1.40. The molecule has 98 valence electrons. The van der Waals surface area contributed by atoms with Crippen molar-refractivity contribution in [2.75, 3.05) is 6.61 Å². The molecule has 0 aliphatic heterocycles. The number of aliphatic hydroxyl groups is 1. The molecule has 3 N–H and O–H groups in total. The lowest BCUT2D eigenvalue weighted by Crippen LogP contribution is -2.27. The number of carbonyl (C=O) groups excluding carboxylic acids is 1. The van der Waals surface area contributed by atoms with Crippen LogP contribution in [0.2, 0.25) is 0 Å². The molecule has 0 spiro atoms. The fourth-order valence-corrected chi connectivity index (χ4v) is 0.836. The number of carbonyl (C=O) groups is 1. The summed E-state index contributed by atoms with van der Waals surface area (Å²) in [4.78, 5) is 10.0. The van der Waals surface area contributed by atoms with Crippen molar-refractivity contribution in [3.8, 4) is 0 Å². The van der Waals surface area contributed by atoms with Gasteiger partial charge in [0, 0.05) is 6.61 Å². The fourth-order valence-electron chi connectivity index (χ4n) is 0.836. The second-order valence-corrected chi connectivity index (χ2v) is 4.19. The van der Waals surface area contributed by atoms with Gasteiger partial charge in [0.05, 0.1) is 0 Å². The number of aliphatic hydroxyl groups excluding tert-OH is 1. The van der Waals surface area contributed by atoms with Crippen LogP contribution in [0.3, 0.4) is 0 Å². The van der Waals surface area contributed by atoms with Gasteiger partial charge in [-0.25, -0.2) is 4.79 Å². The molecule has 4 nitrogen and oxygen atoms in total. The summed E-state index contributed by atoms with van der Waals surface area (Å²) in [6, 6.07) is 0. The normalized spacial score (nSPS) is 10.9. The van der Waals surface area contributed by atoms with Crippen molar-refractivity contribution in [3.05, 3.63) is 37.0 Å². The van der Waals surface area contributed by atoms with Crippen LogP contribution < -0.4 is 5.73 Å². The van der Waals surface area contributed by atoms with E-state index in [9.17, 15) is 4.79 Å². The van der Waals surface area contributed by atoms with Gasteiger partial charge in [-0.15, -0.1) is 0 Å². The Morgan fingerprint density at radius 2 is 1.94 bits per heavy atom. The maximum absolute atomic E-state index is 10.0. The number of hydrogen-bond acceptors (Lipinski definition) is 3. The van der Waals surface area contributed by atoms with Gasteiger partial charge in [-0.05, 0) is 32.8 Å². The van der Waals surface area contributed by atoms with Crippen LogP contribution >= 0.6 is 0 Å². The molecule has 0 fully saturated rings. The molecule has 0 saturated heterocycles. The van der Waals surface area contributed by atoms with E-state index < -0.39 is 11.7 Å². The van der Waals surface area contributed by atoms with E-state index in [4.69, 9.17) is 10.8 Å². The predicted molar refractivity (Wildman–Crippen MR) is 70.6 cm³/mol. The van der Waals surface area contributed by atoms with Crippen LogP contribution in [0.5, 0.6) is 0 Å². The van der Waals surface area contributed by atoms with Gasteiger partial charge in [0.15, 0.2) is 0 Å². The first-order chi connectivity index (χ1) is 7.76. The van der Waals surface area contributed by atoms with Crippen molar-refractivity contribution in [1.82, 2.24) is 0 Å². The Balaban J connectivity index is 0. The maximum atomic E-state index is 10.0. The highest BCUT2D eigenvalue weighted by Gasteiger charge is 2.12. The molecule has 0 heterocycles. The SMILES string of the molecule is C=C/C=C(\C=C)CCO.CC(C)(C)OC(N)=O. The number of ether oxygens (including phenoxy) is 1. The lowest BCUT2D eigenvalue weighted by atomic mass is 10.2. The molecule has 0 radical (unpaired) electrons. The molecule has 4 heteroatoms. The van der Waals surface area contributed by atoms with E-state index in [1.54, 1.807) is 32.9 Å². The molecular formula is C13H23NO3. The van der Waals surface area contributed by atoms with Crippen LogP contribution in [0.4, 0.5) is 4.79 Å². The molecule has 1 amide bonds. The lowest BCUT2D eigenvalue weighted by Gasteiger charge is -2.16. The predicted octanol–water partition coefficient (Wildman–Crippen LogP) is 2.55. The Kier molecular flexibility index (Phi) is 10.1. The summed E-state index contributed by atoms with van der Waals surface area (Å²) in [5.74, 6) is 0. The van der Waals surface area contributed by atoms with E-state index in [-0.39, 0.29) is 6.61 Å². The second-order valence-electron chi connectivity index (χ2n) is 4.19. The van der Waals surface area contributed by atoms with E-state index >= 15 is 0 Å². The first-order valence-corrected chi connectivity index (χ1v) is 5.30. The maximum Gasteiger partial charge on any atom is 0.405 e. The number of rotatable bonds is 4. The number of allylic oxidation sites excluding steroid dienone is 3. The summed E-state index contributed by atoms with van der Waals surface area (Å²) in [7, 11) is 0. The van der Waals surface area contributed by atoms with Crippen LogP contribution in [0.1, 0.15) is 27.2 Å². The first kappa shape index (κ1) is 17.8. The molecule has 17 heavy (non-hydrogen) atoms. The molecule has 0 atom stereocenters. The molecule has 0 aliphatic rings. The summed E-state index contributed by atoms with van der Waals surface area (Å²) < 4.78 is 4.58. The van der Waals surface area contributed by atoms with Gasteiger partial charge < -0.3 is 15.6 Å². The van der Waals surface area contributed by atoms with Gasteiger partial charge in [0.25, 0.3) is 0 Å². The van der Waals surface area contributed by atoms with Crippen molar-refractivity contribution < 1.29 is 14.6 Å². The zero-order chi connectivity index (χ0) is 13.9. The average Bonchev–Trinajstić information content (AvgIpc) is 2.14. The summed E-state index contributed by atoms with van der Waals surface area (Å²) in [6.45, 7) is 12.6. The molecule has 0 aromatic rings. The second kappa shape index (κ2) is 9.66. The van der Waals surface area contributed by atoms with Crippen LogP contribution in [0.15, 0.2) is 37.0 Å². The topological polar surface area (TPSA) is 72.6 Å². The van der Waals surface area contributed by atoms with Crippen LogP contribution in [0, 0.1) is 0 Å². The van der Waals surface area contributed by atoms with Crippen molar-refractivity contribution >= 4 is 6.09 Å². The van der Waals surface area contributed by atoms with E-state index in [2.05, 4.69) is 17.9 Å². The third-order valence-corrected chi connectivity index (χ3v) is 1.40. The van der Waals surface area contributed by atoms with Crippen molar-refractivity contribution in [3.63, 3.8) is 0 Å². The summed E-state index contributed by atoms with van der Waals surface area (Å²) >= 11 is 0. The van der Waals surface area contributed by atoms with Gasteiger partial charge in [-0.1, -0.05) is 31.4 Å². The lowest BCUT2D eigenvalue weighted by molar-refractivity contribution is 0.0600. The monoisotopic (exact) mass is 241 g/mol. The standard InChI is InChI=1S/C8H12O.C5H11NO2/c1-3-5-8(4-2)6-7-9;1-5(2,3)8-4(6)7/h3-5,9H,1-2,6-7H2;1-3H3,(H2,6,7)/b8-5+;. The van der Waals surface area contributed by atoms with Crippen LogP contribution in [-0.2, 0) is 4.74 Å². The number of nitrogens with two attached hydrogens (primary N) is 1. The quantitative estimate of drug-likeness (QED) is 0.743. The third kappa shape index (κ3) is 17.1. The minimum atomic E-state index is -0.725. The molecule has 0 bridgehead atoms. The molecule has 0 aliphatic carbocycles. The Morgan fingerprint density at radius 3 is 2.12 bits per heavy atom. The zero-order valence-corrected chi connectivity index (χ0v) is 10.9. The van der Waals surface area contributed by atoms with Crippen molar-refractivity contribution in [2.45, 2.75) is 32.8 Å². The van der Waals surface area contributed by atoms with Gasteiger partial charge in [0.2, 0.25) is 0 Å². The van der Waals surface area contributed by atoms with Crippen LogP contribution in [0.25, 0.3) is 0 Å². The minimum Gasteiger partial charge on any atom is -0.444 e. The Hall–Kier alpha value is -1.55. The highest BCUT2D eigenvalue weighted by molar-refractivity contribution is 5.65. The molecule has 0 saturated carbocycles. The highest BCUT2D eigenvalue weighted by Crippen LogP contribution is 2.04. The Labute approximate surface area is 103 Å². The van der Waals surface area contributed by atoms with Gasteiger partial charge in [-0.3, -0.25) is 0 Å². The average molecular weight is 241 g/mol. The minimum absolute atomic E-state index is 0.172. The van der Waals surface area contributed by atoms with E-state index in [1.807, 2.05) is 6.08 Å². The van der Waals surface area contributed by atoms with Gasteiger partial charge in [-0.2, -0.15) is 0 Å². The molecular weight excluding hydrogens is 218 g/mol. The number of hydrogen-bond donors (Lipinski definition) is 2. The van der Waals surface area contributed by atoms with Gasteiger partial charge >= 0.3 is 6.09 Å². The molecule has 0 aromatic carbocycles. The molecule has 0 unspecified atom stereocenters. The molecule has 0 aromatic heterocycles. The van der Waals surface area contributed by atoms with Crippen molar-refractivity contribution in [1.29, 1.82) is 0 Å². The zero-order valence-electron chi connectivity index (χ0n) is 10.9. The van der Waals surface area contributed by atoms with Crippen LogP contribution in [-0.4, -0.2) is 23.4 Å². The highest BCUT2D eigenvalue weighted by atomic mass is 16.6. The van der Waals surface area contributed by atoms with E-state index in [0.717, 1.165) is 5.57 Å². The smallest absolute Gasteiger partial charge is 0.405 e. The van der Waals surface area contributed by atoms with E-state index in [1.165, 1.54) is 0 Å². The van der Waals surface area contributed by atoms with Gasteiger partial charge in [0.1, 0.15) is 5.60 Å². The Morgan fingerprint density at radius 1 is 1.41 bits per heavy atom. The fraction of sp³-hybridized carbons (Fsp3) is 0.462. The summed E-state index contributed by atoms with van der Waals surface area (Å²) in [6.07, 6.45) is 5.18.